The van der Waals surface area contributed by atoms with Crippen LogP contribution in [-0.2, 0) is 24.7 Å². The highest BCUT2D eigenvalue weighted by Crippen LogP contribution is 2.61. The van der Waals surface area contributed by atoms with Crippen LogP contribution in [-0.4, -0.2) is 91.4 Å². The summed E-state index contributed by atoms with van der Waals surface area (Å²) in [4.78, 5) is 63.0. The lowest BCUT2D eigenvalue weighted by Gasteiger charge is -2.39. The van der Waals surface area contributed by atoms with E-state index >= 15 is 4.79 Å². The van der Waals surface area contributed by atoms with E-state index in [-0.39, 0.29) is 36.8 Å². The summed E-state index contributed by atoms with van der Waals surface area (Å²) in [5, 5.41) is 13.4. The van der Waals surface area contributed by atoms with Gasteiger partial charge in [-0.2, -0.15) is 0 Å². The number of fused-ring (bicyclic) bond motifs is 2. The van der Waals surface area contributed by atoms with Crippen LogP contribution in [0.3, 0.4) is 0 Å². The molecule has 0 saturated carbocycles. The van der Waals surface area contributed by atoms with E-state index in [9.17, 15) is 19.5 Å². The quantitative estimate of drug-likeness (QED) is 0.305. The topological polar surface area (TPSA) is 126 Å². The molecule has 5 aliphatic heterocycles. The molecule has 0 unspecified atom stereocenters. The number of aliphatic hydroxyl groups is 1. The maximum absolute atomic E-state index is 15.1. The Balaban J connectivity index is 1.23. The average molecular weight is 724 g/mol. The third-order valence-corrected chi connectivity index (χ3v) is 14.9. The van der Waals surface area contributed by atoms with Gasteiger partial charge in [0.15, 0.2) is 13.9 Å². The predicted molar refractivity (Wildman–Crippen MR) is 202 cm³/mol. The largest absolute Gasteiger partial charge is 0.432 e. The first kappa shape index (κ1) is 35.0. The van der Waals surface area contributed by atoms with Crippen LogP contribution in [0.2, 0.25) is 18.6 Å². The van der Waals surface area contributed by atoms with E-state index in [1.54, 1.807) is 9.80 Å². The molecule has 4 fully saturated rings. The molecule has 8 rings (SSSR count). The van der Waals surface area contributed by atoms with Crippen molar-refractivity contribution in [1.82, 2.24) is 10.2 Å². The first-order valence-electron chi connectivity index (χ1n) is 18.7. The average Bonchev–Trinajstić information content (AvgIpc) is 3.88. The fourth-order valence-corrected chi connectivity index (χ4v) is 12.6. The number of amides is 3. The van der Waals surface area contributed by atoms with Crippen LogP contribution in [0.5, 0.6) is 0 Å². The summed E-state index contributed by atoms with van der Waals surface area (Å²) in [5.41, 5.74) is 1.02. The fraction of sp³-hybridized carbons (Fsp3) is 0.475. The van der Waals surface area contributed by atoms with Crippen molar-refractivity contribution in [3.63, 3.8) is 0 Å². The van der Waals surface area contributed by atoms with Crippen molar-refractivity contribution < 1.29 is 29.0 Å². The molecule has 2 spiro atoms. The van der Waals surface area contributed by atoms with Gasteiger partial charge >= 0.3 is 0 Å². The van der Waals surface area contributed by atoms with Crippen molar-refractivity contribution in [2.45, 2.75) is 80.9 Å². The van der Waals surface area contributed by atoms with Gasteiger partial charge in [-0.25, -0.2) is 0 Å². The lowest BCUT2D eigenvalue weighted by Crippen LogP contribution is -2.55. The van der Waals surface area contributed by atoms with Gasteiger partial charge in [0.05, 0.1) is 37.5 Å². The zero-order valence-corrected chi connectivity index (χ0v) is 31.2. The lowest BCUT2D eigenvalue weighted by molar-refractivity contribution is -0.149. The van der Waals surface area contributed by atoms with Crippen LogP contribution in [0.15, 0.2) is 78.9 Å². The van der Waals surface area contributed by atoms with E-state index in [0.717, 1.165) is 31.6 Å². The number of piperidine rings is 1. The second-order valence-corrected chi connectivity index (χ2v) is 19.7. The number of aliphatic hydroxyl groups excluding tert-OH is 1. The molecule has 0 bridgehead atoms. The number of ether oxygens (including phenoxy) is 1. The third kappa shape index (κ3) is 5.33. The minimum atomic E-state index is -3.04. The van der Waals surface area contributed by atoms with Crippen LogP contribution >= 0.6 is 0 Å². The molecule has 5 atom stereocenters. The minimum absolute atomic E-state index is 0.00505. The predicted octanol–water partition coefficient (Wildman–Crippen LogP) is 4.47. The van der Waals surface area contributed by atoms with E-state index < -0.39 is 37.0 Å². The summed E-state index contributed by atoms with van der Waals surface area (Å²) in [5.74, 6) is -0.847. The summed E-state index contributed by atoms with van der Waals surface area (Å²) in [6, 6.07) is 25.1. The molecule has 0 aliphatic carbocycles. The molecule has 274 valence electrons. The molecule has 5 heterocycles. The number of nitrogens with one attached hydrogen (secondary N) is 1. The van der Waals surface area contributed by atoms with Crippen LogP contribution in [0.1, 0.15) is 44.6 Å². The van der Waals surface area contributed by atoms with Gasteiger partial charge in [0.2, 0.25) is 5.91 Å². The molecule has 11 nitrogen and oxygen atoms in total. The summed E-state index contributed by atoms with van der Waals surface area (Å²) >= 11 is 0. The summed E-state index contributed by atoms with van der Waals surface area (Å²) in [7, 11) is -3.04. The Morgan fingerprint density at radius 3 is 2.27 bits per heavy atom. The third-order valence-electron chi connectivity index (χ3n) is 12.4. The molecular formula is C40H49N5O6Si. The van der Waals surface area contributed by atoms with Gasteiger partial charge in [-0.3, -0.25) is 24.2 Å². The Hall–Kier alpha value is -4.07. The first-order valence-corrected chi connectivity index (χ1v) is 21.7. The number of rotatable bonds is 7. The Labute approximate surface area is 306 Å². The van der Waals surface area contributed by atoms with Gasteiger partial charge in [-0.15, -0.1) is 0 Å². The molecule has 52 heavy (non-hydrogen) atoms. The normalized spacial score (nSPS) is 28.5. The van der Waals surface area contributed by atoms with Crippen LogP contribution in [0, 0.1) is 5.92 Å². The van der Waals surface area contributed by atoms with E-state index in [0.29, 0.717) is 48.7 Å². The molecule has 0 aromatic heterocycles. The monoisotopic (exact) mass is 723 g/mol. The maximum Gasteiger partial charge on any atom is 0.268 e. The number of likely N-dealkylation sites (tertiary alicyclic amines) is 1. The molecule has 3 aromatic rings. The van der Waals surface area contributed by atoms with Crippen LogP contribution < -0.4 is 20.0 Å². The van der Waals surface area contributed by atoms with E-state index in [4.69, 9.17) is 4.74 Å². The number of carbonyl (C=O) groups excluding carboxylic acids is 3. The van der Waals surface area contributed by atoms with Crippen LogP contribution in [0.25, 0.3) is 0 Å². The van der Waals surface area contributed by atoms with Gasteiger partial charge in [-0.1, -0.05) is 43.3 Å². The Kier molecular flexibility index (Phi) is 8.81. The van der Waals surface area contributed by atoms with Gasteiger partial charge in [0, 0.05) is 40.6 Å². The highest BCUT2D eigenvalue weighted by molar-refractivity contribution is 6.71. The maximum atomic E-state index is 15.1. The SMILES string of the molecule is C[C@H]1[C@H]([Si](C)(C)O)[C@@H](CC(=O)N2CCC[C@H]2CO)O[C@]12C(=O)N(c1ccccc1)c1ccc(N3CN(c4ccccc4)C4(CCNCC4)C3=O)cc12. The molecule has 3 amide bonds. The van der Waals surface area contributed by atoms with E-state index in [1.165, 1.54) is 0 Å². The Morgan fingerprint density at radius 2 is 1.62 bits per heavy atom. The Bertz CT molecular complexity index is 1850. The molecular weight excluding hydrogens is 675 g/mol. The Morgan fingerprint density at radius 1 is 0.942 bits per heavy atom. The highest BCUT2D eigenvalue weighted by atomic mass is 28.4. The van der Waals surface area contributed by atoms with Crippen molar-refractivity contribution in [3.05, 3.63) is 84.4 Å². The molecule has 4 saturated heterocycles. The molecule has 3 aromatic carbocycles. The van der Waals surface area contributed by atoms with Crippen LogP contribution in [0.4, 0.5) is 22.7 Å². The zero-order valence-electron chi connectivity index (χ0n) is 30.2. The van der Waals surface area contributed by atoms with Crippen molar-refractivity contribution >= 4 is 48.8 Å². The van der Waals surface area contributed by atoms with E-state index in [2.05, 4.69) is 22.3 Å². The number of hydrogen-bond donors (Lipinski definition) is 3. The number of benzene rings is 3. The minimum Gasteiger partial charge on any atom is -0.432 e. The van der Waals surface area contributed by atoms with Gasteiger partial charge in [-0.05, 0) is 94.3 Å². The first-order chi connectivity index (χ1) is 25.0. The number of carbonyl (C=O) groups is 3. The standard InChI is InChI=1S/C40H49N5O6Si/c1-27-36(52(2,3)50)34(24-35(47)42-22-10-15-31(42)25-46)51-40(27)32-23-30(16-17-33(32)45(38(40)49)29-13-8-5-9-14-29)43-26-44(28-11-6-4-7-12-28)39(37(43)48)18-20-41-21-19-39/h4-9,11-14,16-17,23,27,31,34,36,41,46,50H,10,15,18-22,24-26H2,1-3H3/t27-,31-,34+,36-,40+/m0/s1. The highest BCUT2D eigenvalue weighted by Gasteiger charge is 2.67. The fourth-order valence-electron chi connectivity index (χ4n) is 10.0. The second-order valence-electron chi connectivity index (χ2n) is 15.7. The lowest BCUT2D eigenvalue weighted by atomic mass is 9.82. The number of hydrogen-bond acceptors (Lipinski definition) is 8. The van der Waals surface area contributed by atoms with Crippen molar-refractivity contribution in [2.75, 3.05) is 47.6 Å². The number of anilines is 4. The smallest absolute Gasteiger partial charge is 0.268 e. The van der Waals surface area contributed by atoms with Crippen molar-refractivity contribution in [3.8, 4) is 0 Å². The van der Waals surface area contributed by atoms with Crippen molar-refractivity contribution in [2.24, 2.45) is 5.92 Å². The second kappa shape index (κ2) is 13.1. The van der Waals surface area contributed by atoms with Gasteiger partial charge in [0.1, 0.15) is 5.54 Å². The van der Waals surface area contributed by atoms with Gasteiger partial charge < -0.3 is 29.8 Å². The molecule has 5 aliphatic rings. The summed E-state index contributed by atoms with van der Waals surface area (Å²) < 4.78 is 7.05. The number of para-hydroxylation sites is 2. The van der Waals surface area contributed by atoms with E-state index in [1.807, 2.05) is 91.6 Å². The summed E-state index contributed by atoms with van der Waals surface area (Å²) in [6.07, 6.45) is 2.20. The van der Waals surface area contributed by atoms with Crippen molar-refractivity contribution in [1.29, 1.82) is 0 Å². The summed E-state index contributed by atoms with van der Waals surface area (Å²) in [6.45, 7) is 7.98. The molecule has 12 heteroatoms. The molecule has 3 N–H and O–H groups in total. The zero-order chi connectivity index (χ0) is 36.4. The molecule has 0 radical (unpaired) electrons. The van der Waals surface area contributed by atoms with Gasteiger partial charge in [0.25, 0.3) is 11.8 Å². The number of nitrogens with zero attached hydrogens (tertiary/aromatic N) is 4.